The number of furan rings is 1. The maximum Gasteiger partial charge on any atom is 0.433 e. The summed E-state index contributed by atoms with van der Waals surface area (Å²) in [6, 6.07) is 5.69. The van der Waals surface area contributed by atoms with Crippen LogP contribution in [0.25, 0.3) is 21.5 Å². The maximum absolute atomic E-state index is 13.5. The Kier molecular flexibility index (Phi) is 5.70. The Morgan fingerprint density at radius 2 is 2.03 bits per heavy atom. The van der Waals surface area contributed by atoms with E-state index in [0.29, 0.717) is 11.3 Å². The minimum Gasteiger partial charge on any atom is -0.464 e. The summed E-state index contributed by atoms with van der Waals surface area (Å²) in [7, 11) is 0. The smallest absolute Gasteiger partial charge is 0.433 e. The number of hydrogen-bond acceptors (Lipinski definition) is 6. The van der Waals surface area contributed by atoms with E-state index in [1.807, 2.05) is 19.9 Å². The number of rotatable bonds is 6. The highest BCUT2D eigenvalue weighted by Gasteiger charge is 2.35. The van der Waals surface area contributed by atoms with Gasteiger partial charge in [-0.3, -0.25) is 14.3 Å². The molecule has 12 heteroatoms. The third kappa shape index (κ3) is 4.46. The first-order valence-electron chi connectivity index (χ1n) is 9.74. The molecule has 0 aliphatic heterocycles. The predicted molar refractivity (Wildman–Crippen MR) is 116 cm³/mol. The van der Waals surface area contributed by atoms with Crippen LogP contribution >= 0.6 is 11.3 Å². The van der Waals surface area contributed by atoms with Crippen molar-refractivity contribution in [2.24, 2.45) is 5.73 Å². The van der Waals surface area contributed by atoms with Gasteiger partial charge in [0.2, 0.25) is 5.91 Å². The van der Waals surface area contributed by atoms with Crippen LogP contribution in [0.5, 0.6) is 0 Å². The van der Waals surface area contributed by atoms with E-state index in [-0.39, 0.29) is 45.1 Å². The number of thiophene rings is 1. The number of primary amides is 1. The van der Waals surface area contributed by atoms with Gasteiger partial charge in [-0.2, -0.15) is 18.3 Å². The predicted octanol–water partition coefficient (Wildman–Crippen LogP) is 4.52. The van der Waals surface area contributed by atoms with Crippen molar-refractivity contribution in [3.8, 4) is 11.3 Å². The monoisotopic (exact) mass is 477 g/mol. The Bertz CT molecular complexity index is 1360. The van der Waals surface area contributed by atoms with Crippen LogP contribution in [0.15, 0.2) is 34.9 Å². The van der Waals surface area contributed by atoms with Crippen LogP contribution in [0.1, 0.15) is 33.2 Å². The average molecular weight is 477 g/mol. The standard InChI is InChI=1S/C21H18F3N5O3S/c1-10-8-11(2)29(28-10)6-5-15(30)27-17-16-12(13-4-3-7-32-13)9-14(21(22,23)24)26-20(16)33-18(17)19(25)31/h3-4,7-9H,5-6H2,1-2H3,(H2,25,31)(H,27,30). The van der Waals surface area contributed by atoms with E-state index in [2.05, 4.69) is 15.4 Å². The number of aromatic nitrogens is 3. The third-order valence-electron chi connectivity index (χ3n) is 4.88. The molecule has 0 spiro atoms. The number of halogens is 3. The van der Waals surface area contributed by atoms with E-state index >= 15 is 0 Å². The number of nitrogens with one attached hydrogen (secondary N) is 1. The van der Waals surface area contributed by atoms with Gasteiger partial charge < -0.3 is 15.5 Å². The zero-order valence-corrected chi connectivity index (χ0v) is 18.3. The second-order valence-corrected chi connectivity index (χ2v) is 8.33. The van der Waals surface area contributed by atoms with Crippen LogP contribution in [0, 0.1) is 13.8 Å². The molecule has 0 unspecified atom stereocenters. The lowest BCUT2D eigenvalue weighted by Gasteiger charge is -2.11. The van der Waals surface area contributed by atoms with Gasteiger partial charge in [-0.05, 0) is 38.1 Å². The zero-order valence-electron chi connectivity index (χ0n) is 17.5. The molecule has 4 heterocycles. The normalized spacial score (nSPS) is 11.8. The molecule has 0 aliphatic carbocycles. The molecule has 4 aromatic heterocycles. The largest absolute Gasteiger partial charge is 0.464 e. The number of alkyl halides is 3. The molecule has 3 N–H and O–H groups in total. The molecule has 0 atom stereocenters. The Morgan fingerprint density at radius 3 is 2.61 bits per heavy atom. The Labute approximate surface area is 189 Å². The molecule has 4 aromatic rings. The van der Waals surface area contributed by atoms with Crippen LogP contribution in [-0.4, -0.2) is 26.6 Å². The summed E-state index contributed by atoms with van der Waals surface area (Å²) in [5.74, 6) is -1.24. The fourth-order valence-electron chi connectivity index (χ4n) is 3.47. The number of pyridine rings is 1. The highest BCUT2D eigenvalue weighted by molar-refractivity contribution is 7.21. The molecule has 33 heavy (non-hydrogen) atoms. The van der Waals surface area contributed by atoms with E-state index in [4.69, 9.17) is 10.2 Å². The summed E-state index contributed by atoms with van der Waals surface area (Å²) in [5, 5.41) is 7.08. The van der Waals surface area contributed by atoms with Gasteiger partial charge in [0.25, 0.3) is 5.91 Å². The lowest BCUT2D eigenvalue weighted by Crippen LogP contribution is -2.18. The molecule has 0 fully saturated rings. The Morgan fingerprint density at radius 1 is 1.27 bits per heavy atom. The summed E-state index contributed by atoms with van der Waals surface area (Å²) < 4.78 is 47.3. The molecular formula is C21H18F3N5O3S. The van der Waals surface area contributed by atoms with E-state index in [1.165, 1.54) is 18.4 Å². The number of carbonyl (C=O) groups excluding carboxylic acids is 2. The molecule has 0 saturated carbocycles. The van der Waals surface area contributed by atoms with Gasteiger partial charge in [0.05, 0.1) is 17.6 Å². The van der Waals surface area contributed by atoms with Crippen molar-refractivity contribution in [2.75, 3.05) is 5.32 Å². The number of carbonyl (C=O) groups is 2. The van der Waals surface area contributed by atoms with Crippen molar-refractivity contribution in [1.82, 2.24) is 14.8 Å². The lowest BCUT2D eigenvalue weighted by atomic mass is 10.1. The van der Waals surface area contributed by atoms with Gasteiger partial charge in [0.1, 0.15) is 21.2 Å². The molecule has 0 radical (unpaired) electrons. The van der Waals surface area contributed by atoms with Crippen molar-refractivity contribution >= 4 is 39.1 Å². The van der Waals surface area contributed by atoms with Gasteiger partial charge in [-0.15, -0.1) is 11.3 Å². The van der Waals surface area contributed by atoms with Gasteiger partial charge >= 0.3 is 6.18 Å². The van der Waals surface area contributed by atoms with Crippen LogP contribution in [0.2, 0.25) is 0 Å². The van der Waals surface area contributed by atoms with Crippen molar-refractivity contribution in [2.45, 2.75) is 33.0 Å². The minimum absolute atomic E-state index is 0.00786. The van der Waals surface area contributed by atoms with Crippen LogP contribution in [0.3, 0.4) is 0 Å². The summed E-state index contributed by atoms with van der Waals surface area (Å²) >= 11 is 0.676. The fraction of sp³-hybridized carbons (Fsp3) is 0.238. The topological polar surface area (TPSA) is 116 Å². The Hall–Kier alpha value is -3.67. The zero-order chi connectivity index (χ0) is 23.9. The molecule has 8 nitrogen and oxygen atoms in total. The SMILES string of the molecule is Cc1cc(C)n(CCC(=O)Nc2c(C(N)=O)sc3nc(C(F)(F)F)cc(-c4ccco4)c23)n1. The average Bonchev–Trinajstić information content (AvgIpc) is 3.44. The second-order valence-electron chi connectivity index (χ2n) is 7.33. The summed E-state index contributed by atoms with van der Waals surface area (Å²) in [6.07, 6.45) is -3.40. The molecule has 0 aromatic carbocycles. The highest BCUT2D eigenvalue weighted by atomic mass is 32.1. The van der Waals surface area contributed by atoms with Crippen LogP contribution < -0.4 is 11.1 Å². The van der Waals surface area contributed by atoms with E-state index in [1.54, 1.807) is 4.68 Å². The van der Waals surface area contributed by atoms with Crippen molar-refractivity contribution in [3.05, 3.63) is 52.5 Å². The number of hydrogen-bond donors (Lipinski definition) is 2. The van der Waals surface area contributed by atoms with Gasteiger partial charge in [-0.25, -0.2) is 4.98 Å². The second kappa shape index (κ2) is 8.35. The number of amides is 2. The van der Waals surface area contributed by atoms with Crippen molar-refractivity contribution in [1.29, 1.82) is 0 Å². The number of aryl methyl sites for hydroxylation is 3. The quantitative estimate of drug-likeness (QED) is 0.424. The molecule has 0 saturated heterocycles. The van der Waals surface area contributed by atoms with E-state index in [9.17, 15) is 22.8 Å². The van der Waals surface area contributed by atoms with E-state index in [0.717, 1.165) is 17.5 Å². The molecule has 2 amide bonds. The number of nitrogens with zero attached hydrogens (tertiary/aromatic N) is 3. The first-order valence-corrected chi connectivity index (χ1v) is 10.6. The fourth-order valence-corrected chi connectivity index (χ4v) is 4.48. The summed E-state index contributed by atoms with van der Waals surface area (Å²) in [4.78, 5) is 28.3. The first kappa shape index (κ1) is 22.5. The third-order valence-corrected chi connectivity index (χ3v) is 5.98. The van der Waals surface area contributed by atoms with Gasteiger partial charge in [-0.1, -0.05) is 0 Å². The molecule has 172 valence electrons. The molecule has 0 bridgehead atoms. The van der Waals surface area contributed by atoms with Crippen LogP contribution in [0.4, 0.5) is 18.9 Å². The highest BCUT2D eigenvalue weighted by Crippen LogP contribution is 2.43. The van der Waals surface area contributed by atoms with Gasteiger partial charge in [0, 0.05) is 29.6 Å². The lowest BCUT2D eigenvalue weighted by molar-refractivity contribution is -0.140. The van der Waals surface area contributed by atoms with Gasteiger partial charge in [0.15, 0.2) is 0 Å². The number of fused-ring (bicyclic) bond motifs is 1. The summed E-state index contributed by atoms with van der Waals surface area (Å²) in [6.45, 7) is 3.97. The summed E-state index contributed by atoms with van der Waals surface area (Å²) in [5.41, 5.74) is 6.05. The van der Waals surface area contributed by atoms with Crippen LogP contribution in [-0.2, 0) is 17.5 Å². The van der Waals surface area contributed by atoms with E-state index < -0.39 is 23.7 Å². The van der Waals surface area contributed by atoms with Crippen molar-refractivity contribution in [3.63, 3.8) is 0 Å². The maximum atomic E-state index is 13.5. The van der Waals surface area contributed by atoms with Crippen molar-refractivity contribution < 1.29 is 27.2 Å². The molecular weight excluding hydrogens is 459 g/mol. The Balaban J connectivity index is 1.78. The minimum atomic E-state index is -4.73. The first-order chi connectivity index (χ1) is 15.5. The number of anilines is 1. The molecule has 0 aliphatic rings. The number of nitrogens with two attached hydrogens (primary N) is 1. The molecule has 4 rings (SSSR count).